The Morgan fingerprint density at radius 1 is 1.13 bits per heavy atom. The zero-order valence-electron chi connectivity index (χ0n) is 16.3. The smallest absolute Gasteiger partial charge is 0.168 e. The molecule has 0 fully saturated rings. The highest BCUT2D eigenvalue weighted by molar-refractivity contribution is 8.17. The van der Waals surface area contributed by atoms with Gasteiger partial charge in [-0.05, 0) is 35.1 Å². The Hall–Kier alpha value is -2.64. The third-order valence-corrected chi connectivity index (χ3v) is 7.57. The fraction of sp³-hybridized carbons (Fsp3) is 0.217. The van der Waals surface area contributed by atoms with Gasteiger partial charge >= 0.3 is 0 Å². The number of fused-ring (bicyclic) bond motifs is 3. The van der Waals surface area contributed by atoms with Crippen molar-refractivity contribution in [1.29, 1.82) is 0 Å². The first-order valence-electron chi connectivity index (χ1n) is 10.1. The van der Waals surface area contributed by atoms with Crippen molar-refractivity contribution in [2.75, 3.05) is 17.6 Å². The number of para-hydroxylation sites is 2. The number of thioether (sulfide) groups is 2. The highest BCUT2D eigenvalue weighted by Gasteiger charge is 2.32. The van der Waals surface area contributed by atoms with E-state index in [2.05, 4.69) is 75.3 Å². The highest BCUT2D eigenvalue weighted by Crippen LogP contribution is 2.35. The van der Waals surface area contributed by atoms with Crippen LogP contribution < -0.4 is 5.32 Å². The molecular weight excluding hydrogens is 410 g/mol. The van der Waals surface area contributed by atoms with Crippen LogP contribution in [0.25, 0.3) is 10.9 Å². The topological polar surface area (TPSA) is 55.8 Å². The van der Waals surface area contributed by atoms with Gasteiger partial charge in [-0.2, -0.15) is 0 Å². The van der Waals surface area contributed by atoms with Crippen LogP contribution in [0.15, 0.2) is 75.8 Å². The second-order valence-corrected chi connectivity index (χ2v) is 9.46. The van der Waals surface area contributed by atoms with Crippen molar-refractivity contribution in [3.8, 4) is 0 Å². The Morgan fingerprint density at radius 2 is 2.03 bits per heavy atom. The molecule has 1 aromatic heterocycles. The standard InChI is InChI=1S/C23H21N5S2/c1-3-7-20-15(5-1)10-25-22(27-20)29-13-18-14-30-23-26-17(12-28(18)23)9-16-11-24-21-8-4-2-6-19(16)21/h1-8,11,14,17,24H,9-10,12-13H2,(H,25,27). The van der Waals surface area contributed by atoms with Crippen LogP contribution in [-0.2, 0) is 13.0 Å². The molecule has 0 radical (unpaired) electrons. The van der Waals surface area contributed by atoms with Crippen molar-refractivity contribution in [2.45, 2.75) is 19.0 Å². The minimum Gasteiger partial charge on any atom is -0.361 e. The van der Waals surface area contributed by atoms with Crippen molar-refractivity contribution in [3.63, 3.8) is 0 Å². The van der Waals surface area contributed by atoms with Crippen molar-refractivity contribution >= 4 is 50.4 Å². The lowest BCUT2D eigenvalue weighted by Crippen LogP contribution is -2.26. The van der Waals surface area contributed by atoms with Gasteiger partial charge in [0.05, 0.1) is 12.6 Å². The molecule has 0 aliphatic carbocycles. The summed E-state index contributed by atoms with van der Waals surface area (Å²) in [5, 5.41) is 9.15. The third kappa shape index (κ3) is 3.32. The van der Waals surface area contributed by atoms with Gasteiger partial charge in [-0.15, -0.1) is 0 Å². The van der Waals surface area contributed by atoms with Crippen LogP contribution >= 0.6 is 23.5 Å². The molecule has 2 aromatic carbocycles. The molecule has 0 amide bonds. The molecule has 0 saturated carbocycles. The SMILES string of the molecule is C1=C(CSC2=NCc3ccccc3N2)N2CC(Cc3c[nH]c4ccccc34)N=C2S1. The van der Waals surface area contributed by atoms with Crippen LogP contribution in [0, 0.1) is 0 Å². The van der Waals surface area contributed by atoms with E-state index in [1.54, 1.807) is 23.5 Å². The molecule has 1 unspecified atom stereocenters. The van der Waals surface area contributed by atoms with Crippen LogP contribution in [0.1, 0.15) is 11.1 Å². The van der Waals surface area contributed by atoms with Crippen molar-refractivity contribution in [1.82, 2.24) is 9.88 Å². The lowest BCUT2D eigenvalue weighted by Gasteiger charge is -2.20. The molecule has 3 aliphatic heterocycles. The molecule has 30 heavy (non-hydrogen) atoms. The lowest BCUT2D eigenvalue weighted by atomic mass is 10.1. The molecule has 5 nitrogen and oxygen atoms in total. The first kappa shape index (κ1) is 18.2. The Kier molecular flexibility index (Phi) is 4.57. The number of amidine groups is 2. The van der Waals surface area contributed by atoms with E-state index in [1.807, 2.05) is 0 Å². The number of aliphatic imine (C=N–C) groups is 2. The lowest BCUT2D eigenvalue weighted by molar-refractivity contribution is 0.513. The minimum atomic E-state index is 0.303. The number of benzene rings is 2. The van der Waals surface area contributed by atoms with Gasteiger partial charge < -0.3 is 15.2 Å². The van der Waals surface area contributed by atoms with Gasteiger partial charge in [0, 0.05) is 40.8 Å². The Bertz CT molecular complexity index is 1210. The Balaban J connectivity index is 1.09. The van der Waals surface area contributed by atoms with E-state index in [0.717, 1.165) is 35.6 Å². The molecule has 4 heterocycles. The highest BCUT2D eigenvalue weighted by atomic mass is 32.2. The van der Waals surface area contributed by atoms with E-state index in [1.165, 1.54) is 33.4 Å². The molecule has 0 bridgehead atoms. The molecule has 6 rings (SSSR count). The number of nitrogens with one attached hydrogen (secondary N) is 2. The number of hydrogen-bond donors (Lipinski definition) is 2. The van der Waals surface area contributed by atoms with Crippen molar-refractivity contribution in [2.24, 2.45) is 9.98 Å². The summed E-state index contributed by atoms with van der Waals surface area (Å²) in [4.78, 5) is 15.5. The number of rotatable bonds is 4. The molecule has 2 N–H and O–H groups in total. The maximum absolute atomic E-state index is 4.99. The summed E-state index contributed by atoms with van der Waals surface area (Å²) in [6, 6.07) is 17.2. The second kappa shape index (κ2) is 7.56. The van der Waals surface area contributed by atoms with Gasteiger partial charge in [0.25, 0.3) is 0 Å². The minimum absolute atomic E-state index is 0.303. The largest absolute Gasteiger partial charge is 0.361 e. The van der Waals surface area contributed by atoms with Crippen LogP contribution in [0.3, 0.4) is 0 Å². The van der Waals surface area contributed by atoms with E-state index in [9.17, 15) is 0 Å². The number of H-pyrrole nitrogens is 1. The van der Waals surface area contributed by atoms with Crippen LogP contribution in [-0.4, -0.2) is 38.6 Å². The van der Waals surface area contributed by atoms with Crippen molar-refractivity contribution in [3.05, 3.63) is 77.0 Å². The van der Waals surface area contributed by atoms with Gasteiger partial charge in [0.15, 0.2) is 10.3 Å². The number of aromatic nitrogens is 1. The van der Waals surface area contributed by atoms with E-state index in [0.29, 0.717) is 6.04 Å². The van der Waals surface area contributed by atoms with E-state index in [4.69, 9.17) is 9.98 Å². The number of hydrogen-bond acceptors (Lipinski definition) is 6. The Labute approximate surface area is 183 Å². The first-order valence-corrected chi connectivity index (χ1v) is 12.0. The monoisotopic (exact) mass is 431 g/mol. The maximum Gasteiger partial charge on any atom is 0.168 e. The summed E-state index contributed by atoms with van der Waals surface area (Å²) in [5.41, 5.74) is 6.31. The number of nitrogens with zero attached hydrogens (tertiary/aromatic N) is 3. The van der Waals surface area contributed by atoms with Gasteiger partial charge in [0.1, 0.15) is 0 Å². The van der Waals surface area contributed by atoms with E-state index in [-0.39, 0.29) is 0 Å². The average molecular weight is 432 g/mol. The first-order chi connectivity index (χ1) is 14.8. The molecular formula is C23H21N5S2. The molecule has 0 saturated heterocycles. The van der Waals surface area contributed by atoms with Crippen molar-refractivity contribution < 1.29 is 0 Å². The van der Waals surface area contributed by atoms with Crippen LogP contribution in [0.5, 0.6) is 0 Å². The predicted octanol–water partition coefficient (Wildman–Crippen LogP) is 5.05. The summed E-state index contributed by atoms with van der Waals surface area (Å²) in [7, 11) is 0. The number of anilines is 1. The fourth-order valence-corrected chi connectivity index (χ4v) is 6.11. The van der Waals surface area contributed by atoms with E-state index < -0.39 is 0 Å². The quantitative estimate of drug-likeness (QED) is 0.607. The maximum atomic E-state index is 4.99. The van der Waals surface area contributed by atoms with Gasteiger partial charge in [-0.3, -0.25) is 9.98 Å². The van der Waals surface area contributed by atoms with Crippen LogP contribution in [0.4, 0.5) is 5.69 Å². The predicted molar refractivity (Wildman–Crippen MR) is 129 cm³/mol. The van der Waals surface area contributed by atoms with Crippen LogP contribution in [0.2, 0.25) is 0 Å². The van der Waals surface area contributed by atoms with Gasteiger partial charge in [0.2, 0.25) is 0 Å². The zero-order valence-corrected chi connectivity index (χ0v) is 18.0. The molecule has 1 atom stereocenters. The zero-order chi connectivity index (χ0) is 19.9. The summed E-state index contributed by atoms with van der Waals surface area (Å²) in [5.74, 6) is 0.903. The summed E-state index contributed by atoms with van der Waals surface area (Å²) in [6.45, 7) is 1.71. The molecule has 7 heteroatoms. The molecule has 3 aromatic rings. The second-order valence-electron chi connectivity index (χ2n) is 7.66. The van der Waals surface area contributed by atoms with E-state index >= 15 is 0 Å². The normalized spacial score (nSPS) is 19.8. The van der Waals surface area contributed by atoms with Gasteiger partial charge in [-0.1, -0.05) is 59.9 Å². The third-order valence-electron chi connectivity index (χ3n) is 5.70. The molecule has 150 valence electrons. The average Bonchev–Trinajstić information content (AvgIpc) is 3.48. The molecule has 0 spiro atoms. The summed E-state index contributed by atoms with van der Waals surface area (Å²) < 4.78 is 0. The fourth-order valence-electron chi connectivity index (χ4n) is 4.17. The molecule has 3 aliphatic rings. The summed E-state index contributed by atoms with van der Waals surface area (Å²) in [6.07, 6.45) is 3.11. The number of aromatic amines is 1. The Morgan fingerprint density at radius 3 is 3.03 bits per heavy atom. The summed E-state index contributed by atoms with van der Waals surface area (Å²) >= 11 is 3.52. The van der Waals surface area contributed by atoms with Gasteiger partial charge in [-0.25, -0.2) is 0 Å².